The molecule has 7 nitrogen and oxygen atoms in total. The second-order valence-corrected chi connectivity index (χ2v) is 5.79. The molecule has 0 N–H and O–H groups in total. The normalized spacial score (nSPS) is 10.9. The zero-order chi connectivity index (χ0) is 18.0. The lowest BCUT2D eigenvalue weighted by molar-refractivity contribution is 0.121. The number of aryl methyl sites for hydroxylation is 2. The highest BCUT2D eigenvalue weighted by Gasteiger charge is 2.16. The maximum Gasteiger partial charge on any atom is 0.513 e. The number of rotatable bonds is 4. The highest BCUT2D eigenvalue weighted by atomic mass is 35.5. The topological polar surface area (TPSA) is 79.1 Å². The second kappa shape index (κ2) is 7.06. The van der Waals surface area contributed by atoms with Gasteiger partial charge in [-0.2, -0.15) is 5.10 Å². The quantitative estimate of drug-likeness (QED) is 0.400. The van der Waals surface area contributed by atoms with Crippen molar-refractivity contribution < 1.29 is 14.3 Å². The van der Waals surface area contributed by atoms with Crippen LogP contribution in [0.4, 0.5) is 4.79 Å². The Balaban J connectivity index is 2.01. The van der Waals surface area contributed by atoms with Crippen LogP contribution in [0.2, 0.25) is 5.15 Å². The van der Waals surface area contributed by atoms with Crippen molar-refractivity contribution in [3.63, 3.8) is 0 Å². The summed E-state index contributed by atoms with van der Waals surface area (Å²) in [6.45, 7) is 2.09. The maximum absolute atomic E-state index is 11.1. The van der Waals surface area contributed by atoms with Gasteiger partial charge in [0.25, 0.3) is 0 Å². The number of carbonyl (C=O) groups is 1. The van der Waals surface area contributed by atoms with Gasteiger partial charge in [0.2, 0.25) is 0 Å². The first-order valence-electron chi connectivity index (χ1n) is 7.78. The Kier molecular flexibility index (Phi) is 4.85. The van der Waals surface area contributed by atoms with E-state index in [0.29, 0.717) is 16.7 Å². The number of benzene rings is 1. The molecule has 0 aliphatic rings. The van der Waals surface area contributed by atoms with E-state index in [-0.39, 0.29) is 0 Å². The molecule has 8 heteroatoms. The lowest BCUT2D eigenvalue weighted by atomic mass is 10.2. The Morgan fingerprint density at radius 3 is 2.60 bits per heavy atom. The van der Waals surface area contributed by atoms with Gasteiger partial charge in [-0.15, -0.1) is 0 Å². The minimum Gasteiger partial charge on any atom is -0.437 e. The summed E-state index contributed by atoms with van der Waals surface area (Å²) in [4.78, 5) is 20.1. The molecule has 0 amide bonds. The first-order valence-corrected chi connectivity index (χ1v) is 8.16. The van der Waals surface area contributed by atoms with Gasteiger partial charge >= 0.3 is 6.16 Å². The Hall–Kier alpha value is -2.67. The summed E-state index contributed by atoms with van der Waals surface area (Å²) in [7, 11) is 3.08. The fourth-order valence-corrected chi connectivity index (χ4v) is 2.83. The Bertz CT molecular complexity index is 922. The van der Waals surface area contributed by atoms with E-state index in [0.717, 1.165) is 35.1 Å². The van der Waals surface area contributed by atoms with E-state index in [1.807, 2.05) is 7.05 Å². The highest BCUT2D eigenvalue weighted by molar-refractivity contribution is 6.33. The Morgan fingerprint density at radius 2 is 1.96 bits per heavy atom. The SMILES string of the molecule is CCCc1nn(C)c2c(Cl)nc(-c3ccc(OC(=O)OC)cc3)nc12. The van der Waals surface area contributed by atoms with Crippen LogP contribution >= 0.6 is 11.6 Å². The third kappa shape index (κ3) is 3.41. The molecule has 2 heterocycles. The lowest BCUT2D eigenvalue weighted by Crippen LogP contribution is -2.07. The fraction of sp³-hybridized carbons (Fsp3) is 0.294. The summed E-state index contributed by atoms with van der Waals surface area (Å²) in [5.41, 5.74) is 3.14. The molecule has 3 aromatic rings. The third-order valence-corrected chi connectivity index (χ3v) is 3.94. The van der Waals surface area contributed by atoms with E-state index in [9.17, 15) is 4.79 Å². The fourth-order valence-electron chi connectivity index (χ4n) is 2.54. The largest absolute Gasteiger partial charge is 0.513 e. The average Bonchev–Trinajstić information content (AvgIpc) is 2.92. The molecule has 0 spiro atoms. The molecule has 0 atom stereocenters. The molecule has 0 aliphatic carbocycles. The molecule has 0 aliphatic heterocycles. The zero-order valence-electron chi connectivity index (χ0n) is 14.1. The average molecular weight is 361 g/mol. The van der Waals surface area contributed by atoms with Gasteiger partial charge in [-0.1, -0.05) is 24.9 Å². The molecule has 0 saturated carbocycles. The van der Waals surface area contributed by atoms with Gasteiger partial charge in [0.05, 0.1) is 12.8 Å². The Labute approximate surface area is 149 Å². The summed E-state index contributed by atoms with van der Waals surface area (Å²) in [6, 6.07) is 6.80. The molecule has 1 aromatic carbocycles. The van der Waals surface area contributed by atoms with Crippen LogP contribution < -0.4 is 4.74 Å². The van der Waals surface area contributed by atoms with Crippen LogP contribution in [0.3, 0.4) is 0 Å². The predicted molar refractivity (Wildman–Crippen MR) is 93.8 cm³/mol. The van der Waals surface area contributed by atoms with Gasteiger partial charge in [0.1, 0.15) is 16.8 Å². The van der Waals surface area contributed by atoms with Crippen LogP contribution in [0.25, 0.3) is 22.4 Å². The van der Waals surface area contributed by atoms with Crippen molar-refractivity contribution in [1.82, 2.24) is 19.7 Å². The number of aromatic nitrogens is 4. The minimum absolute atomic E-state index is 0.354. The van der Waals surface area contributed by atoms with Crippen molar-refractivity contribution in [2.75, 3.05) is 7.11 Å². The van der Waals surface area contributed by atoms with Crippen molar-refractivity contribution in [3.8, 4) is 17.1 Å². The van der Waals surface area contributed by atoms with Crippen LogP contribution in [-0.4, -0.2) is 33.0 Å². The second-order valence-electron chi connectivity index (χ2n) is 5.44. The smallest absolute Gasteiger partial charge is 0.437 e. The number of hydrogen-bond donors (Lipinski definition) is 0. The van der Waals surface area contributed by atoms with Gasteiger partial charge in [-0.05, 0) is 30.7 Å². The monoisotopic (exact) mass is 360 g/mol. The number of fused-ring (bicyclic) bond motifs is 1. The number of ether oxygens (including phenoxy) is 2. The molecule has 2 aromatic heterocycles. The summed E-state index contributed by atoms with van der Waals surface area (Å²) < 4.78 is 11.1. The van der Waals surface area contributed by atoms with Gasteiger partial charge in [0.15, 0.2) is 11.0 Å². The molecule has 25 heavy (non-hydrogen) atoms. The van der Waals surface area contributed by atoms with E-state index in [1.54, 1.807) is 28.9 Å². The van der Waals surface area contributed by atoms with E-state index in [1.165, 1.54) is 7.11 Å². The first-order chi connectivity index (χ1) is 12.0. The summed E-state index contributed by atoms with van der Waals surface area (Å²) in [5, 5.41) is 4.84. The number of methoxy groups -OCH3 is 1. The van der Waals surface area contributed by atoms with Gasteiger partial charge < -0.3 is 9.47 Å². The van der Waals surface area contributed by atoms with E-state index in [2.05, 4.69) is 26.7 Å². The molecule has 130 valence electrons. The van der Waals surface area contributed by atoms with Crippen molar-refractivity contribution in [3.05, 3.63) is 35.1 Å². The zero-order valence-corrected chi connectivity index (χ0v) is 14.9. The predicted octanol–water partition coefficient (Wildman–Crippen LogP) is 3.78. The molecule has 3 rings (SSSR count). The lowest BCUT2D eigenvalue weighted by Gasteiger charge is -2.05. The Morgan fingerprint density at radius 1 is 1.24 bits per heavy atom. The van der Waals surface area contributed by atoms with Crippen molar-refractivity contribution in [2.24, 2.45) is 7.05 Å². The third-order valence-electron chi connectivity index (χ3n) is 3.68. The molecule has 0 unspecified atom stereocenters. The number of hydrogen-bond acceptors (Lipinski definition) is 6. The summed E-state index contributed by atoms with van der Waals surface area (Å²) in [6.07, 6.45) is 1.01. The molecule has 0 fully saturated rings. The molecule has 0 bridgehead atoms. The van der Waals surface area contributed by atoms with Crippen LogP contribution in [-0.2, 0) is 18.2 Å². The maximum atomic E-state index is 11.1. The standard InChI is InChI=1S/C17H17ClN4O3/c1-4-5-12-13-14(22(2)21-12)15(18)20-16(19-13)10-6-8-11(9-7-10)25-17(23)24-3/h6-9H,4-5H2,1-3H3. The van der Waals surface area contributed by atoms with Crippen LogP contribution in [0.1, 0.15) is 19.0 Å². The number of nitrogens with zero attached hydrogens (tertiary/aromatic N) is 4. The van der Waals surface area contributed by atoms with E-state index in [4.69, 9.17) is 16.3 Å². The van der Waals surface area contributed by atoms with Gasteiger partial charge in [-0.25, -0.2) is 14.8 Å². The molecular formula is C17H17ClN4O3. The summed E-state index contributed by atoms with van der Waals surface area (Å²) >= 11 is 6.35. The van der Waals surface area contributed by atoms with Gasteiger partial charge in [-0.3, -0.25) is 4.68 Å². The van der Waals surface area contributed by atoms with Gasteiger partial charge in [0, 0.05) is 12.6 Å². The number of halogens is 1. The van der Waals surface area contributed by atoms with Crippen molar-refractivity contribution >= 4 is 28.8 Å². The molecular weight excluding hydrogens is 344 g/mol. The van der Waals surface area contributed by atoms with E-state index >= 15 is 0 Å². The highest BCUT2D eigenvalue weighted by Crippen LogP contribution is 2.28. The van der Waals surface area contributed by atoms with Crippen LogP contribution in [0.15, 0.2) is 24.3 Å². The van der Waals surface area contributed by atoms with Crippen molar-refractivity contribution in [2.45, 2.75) is 19.8 Å². The van der Waals surface area contributed by atoms with Crippen molar-refractivity contribution in [1.29, 1.82) is 0 Å². The van der Waals surface area contributed by atoms with Crippen LogP contribution in [0.5, 0.6) is 5.75 Å². The minimum atomic E-state index is -0.770. The first kappa shape index (κ1) is 17.2. The molecule has 0 saturated heterocycles. The number of carbonyl (C=O) groups excluding carboxylic acids is 1. The summed E-state index contributed by atoms with van der Waals surface area (Å²) in [5.74, 6) is 0.864. The molecule has 0 radical (unpaired) electrons. The van der Waals surface area contributed by atoms with Crippen LogP contribution in [0, 0.1) is 0 Å². The van der Waals surface area contributed by atoms with E-state index < -0.39 is 6.16 Å².